The summed E-state index contributed by atoms with van der Waals surface area (Å²) in [7, 11) is 0. The summed E-state index contributed by atoms with van der Waals surface area (Å²) in [5, 5.41) is 28.4. The van der Waals surface area contributed by atoms with E-state index >= 15 is 0 Å². The molecule has 16 heavy (non-hydrogen) atoms. The average molecular weight is 243 g/mol. The van der Waals surface area contributed by atoms with Crippen molar-refractivity contribution in [3.8, 4) is 5.75 Å². The van der Waals surface area contributed by atoms with Crippen molar-refractivity contribution in [1.29, 1.82) is 0 Å². The first-order valence-corrected chi connectivity index (χ1v) is 5.24. The number of halogens is 1. The number of phenols is 1. The third kappa shape index (κ3) is 1.45. The fraction of sp³-hybridized carbons (Fsp3) is 0.364. The van der Waals surface area contributed by atoms with Gasteiger partial charge in [0.25, 0.3) is 0 Å². The number of carboxylic acid groups (broad SMARTS) is 1. The predicted octanol–water partition coefficient (Wildman–Crippen LogP) is 1.52. The highest BCUT2D eigenvalue weighted by atomic mass is 35.5. The van der Waals surface area contributed by atoms with Crippen molar-refractivity contribution < 1.29 is 20.1 Å². The molecule has 1 aliphatic carbocycles. The summed E-state index contributed by atoms with van der Waals surface area (Å²) < 4.78 is 0. The van der Waals surface area contributed by atoms with Gasteiger partial charge in [-0.05, 0) is 18.9 Å². The highest BCUT2D eigenvalue weighted by molar-refractivity contribution is 6.32. The highest BCUT2D eigenvalue weighted by Crippen LogP contribution is 2.48. The molecule has 86 valence electrons. The van der Waals surface area contributed by atoms with Crippen molar-refractivity contribution in [2.45, 2.75) is 24.4 Å². The van der Waals surface area contributed by atoms with Crippen molar-refractivity contribution in [2.75, 3.05) is 0 Å². The fourth-order valence-electron chi connectivity index (χ4n) is 2.16. The van der Waals surface area contributed by atoms with Gasteiger partial charge >= 0.3 is 5.97 Å². The summed E-state index contributed by atoms with van der Waals surface area (Å²) in [4.78, 5) is 11.2. The standard InChI is InChI=1S/C11H11ClO4/c12-8-3-1-2-7(9(8)14)11(10(15)16)4-6(13)5-11/h1-3,6,13-14H,4-5H2,(H,15,16). The van der Waals surface area contributed by atoms with Crippen LogP contribution in [0, 0.1) is 0 Å². The molecule has 0 radical (unpaired) electrons. The van der Waals surface area contributed by atoms with E-state index in [0.717, 1.165) is 0 Å². The Bertz CT molecular complexity index is 438. The Labute approximate surface area is 97.1 Å². The number of benzene rings is 1. The van der Waals surface area contributed by atoms with Crippen molar-refractivity contribution in [2.24, 2.45) is 0 Å². The number of hydrogen-bond donors (Lipinski definition) is 3. The molecular formula is C11H11ClO4. The summed E-state index contributed by atoms with van der Waals surface area (Å²) in [5.74, 6) is -1.26. The summed E-state index contributed by atoms with van der Waals surface area (Å²) in [5.41, 5.74) is -0.924. The number of phenolic OH excluding ortho intramolecular Hbond substituents is 1. The molecule has 0 saturated heterocycles. The van der Waals surface area contributed by atoms with E-state index in [1.54, 1.807) is 6.07 Å². The first-order chi connectivity index (χ1) is 7.47. The van der Waals surface area contributed by atoms with Crippen LogP contribution in [-0.2, 0) is 10.2 Å². The Morgan fingerprint density at radius 2 is 2.06 bits per heavy atom. The molecule has 0 aliphatic heterocycles. The highest BCUT2D eigenvalue weighted by Gasteiger charge is 2.52. The van der Waals surface area contributed by atoms with Crippen LogP contribution in [0.2, 0.25) is 5.02 Å². The normalized spacial score (nSPS) is 28.5. The lowest BCUT2D eigenvalue weighted by molar-refractivity contribution is -0.153. The van der Waals surface area contributed by atoms with E-state index in [-0.39, 0.29) is 29.2 Å². The molecule has 1 aromatic carbocycles. The van der Waals surface area contributed by atoms with Crippen LogP contribution in [0.4, 0.5) is 0 Å². The molecule has 0 amide bonds. The molecule has 0 atom stereocenters. The van der Waals surface area contributed by atoms with Gasteiger partial charge in [-0.3, -0.25) is 4.79 Å². The van der Waals surface area contributed by atoms with E-state index in [0.29, 0.717) is 0 Å². The van der Waals surface area contributed by atoms with Gasteiger partial charge in [-0.2, -0.15) is 0 Å². The first kappa shape index (κ1) is 11.2. The molecular weight excluding hydrogens is 232 g/mol. The third-order valence-electron chi connectivity index (χ3n) is 3.08. The van der Waals surface area contributed by atoms with E-state index in [2.05, 4.69) is 0 Å². The topological polar surface area (TPSA) is 77.8 Å². The Hall–Kier alpha value is -1.26. The van der Waals surface area contributed by atoms with Crippen LogP contribution in [0.5, 0.6) is 5.75 Å². The van der Waals surface area contributed by atoms with Gasteiger partial charge in [0.15, 0.2) is 0 Å². The predicted molar refractivity (Wildman–Crippen MR) is 57.7 cm³/mol. The number of para-hydroxylation sites is 1. The Morgan fingerprint density at radius 1 is 1.44 bits per heavy atom. The van der Waals surface area contributed by atoms with E-state index < -0.39 is 17.5 Å². The van der Waals surface area contributed by atoms with E-state index in [9.17, 15) is 20.1 Å². The summed E-state index contributed by atoms with van der Waals surface area (Å²) in [6.45, 7) is 0. The second-order valence-corrected chi connectivity index (χ2v) is 4.49. The minimum absolute atomic E-state index is 0.107. The van der Waals surface area contributed by atoms with Gasteiger partial charge in [0.2, 0.25) is 0 Å². The lowest BCUT2D eigenvalue weighted by Crippen LogP contribution is -2.50. The number of hydrogen-bond acceptors (Lipinski definition) is 3. The van der Waals surface area contributed by atoms with Gasteiger partial charge in [-0.15, -0.1) is 0 Å². The molecule has 0 unspecified atom stereocenters. The number of aliphatic carboxylic acids is 1. The van der Waals surface area contributed by atoms with Crippen LogP contribution in [0.15, 0.2) is 18.2 Å². The van der Waals surface area contributed by atoms with Crippen molar-refractivity contribution >= 4 is 17.6 Å². The Kier molecular flexibility index (Phi) is 2.56. The maximum absolute atomic E-state index is 11.2. The van der Waals surface area contributed by atoms with Gasteiger partial charge in [0.1, 0.15) is 11.2 Å². The van der Waals surface area contributed by atoms with E-state index in [1.807, 2.05) is 0 Å². The number of rotatable bonds is 2. The third-order valence-corrected chi connectivity index (χ3v) is 3.38. The van der Waals surface area contributed by atoms with Crippen molar-refractivity contribution in [3.05, 3.63) is 28.8 Å². The largest absolute Gasteiger partial charge is 0.506 e. The number of aromatic hydroxyl groups is 1. The number of aliphatic hydroxyl groups is 1. The fourth-order valence-corrected chi connectivity index (χ4v) is 2.33. The zero-order valence-electron chi connectivity index (χ0n) is 8.35. The van der Waals surface area contributed by atoms with Crippen LogP contribution in [0.25, 0.3) is 0 Å². The average Bonchev–Trinajstić information content (AvgIpc) is 2.17. The number of aliphatic hydroxyl groups excluding tert-OH is 1. The van der Waals surface area contributed by atoms with Gasteiger partial charge in [0.05, 0.1) is 11.1 Å². The maximum Gasteiger partial charge on any atom is 0.314 e. The number of carboxylic acids is 1. The summed E-state index contributed by atoms with van der Waals surface area (Å²) in [6.07, 6.45) is -0.415. The molecule has 1 aromatic rings. The van der Waals surface area contributed by atoms with Crippen LogP contribution in [0.1, 0.15) is 18.4 Å². The molecule has 3 N–H and O–H groups in total. The van der Waals surface area contributed by atoms with Gasteiger partial charge in [-0.1, -0.05) is 23.7 Å². The second-order valence-electron chi connectivity index (χ2n) is 4.09. The molecule has 0 spiro atoms. The molecule has 4 nitrogen and oxygen atoms in total. The zero-order chi connectivity index (χ0) is 11.9. The monoisotopic (exact) mass is 242 g/mol. The van der Waals surface area contributed by atoms with Crippen molar-refractivity contribution in [1.82, 2.24) is 0 Å². The van der Waals surface area contributed by atoms with Crippen LogP contribution < -0.4 is 0 Å². The van der Waals surface area contributed by atoms with Gasteiger partial charge in [-0.25, -0.2) is 0 Å². The van der Waals surface area contributed by atoms with E-state index in [1.165, 1.54) is 12.1 Å². The van der Waals surface area contributed by atoms with Gasteiger partial charge in [0, 0.05) is 5.56 Å². The van der Waals surface area contributed by atoms with Crippen LogP contribution in [-0.4, -0.2) is 27.4 Å². The SMILES string of the molecule is O=C(O)C1(c2cccc(Cl)c2O)CC(O)C1. The molecule has 2 rings (SSSR count). The molecule has 0 heterocycles. The van der Waals surface area contributed by atoms with Gasteiger partial charge < -0.3 is 15.3 Å². The van der Waals surface area contributed by atoms with Crippen molar-refractivity contribution in [3.63, 3.8) is 0 Å². The molecule has 0 bridgehead atoms. The summed E-state index contributed by atoms with van der Waals surface area (Å²) >= 11 is 5.74. The molecule has 1 aliphatic rings. The molecule has 5 heteroatoms. The quantitative estimate of drug-likeness (QED) is 0.735. The maximum atomic E-state index is 11.2. The summed E-state index contributed by atoms with van der Waals surface area (Å²) in [6, 6.07) is 4.61. The molecule has 0 aromatic heterocycles. The van der Waals surface area contributed by atoms with Crippen LogP contribution >= 0.6 is 11.6 Å². The minimum Gasteiger partial charge on any atom is -0.506 e. The Balaban J connectivity index is 2.49. The number of carbonyl (C=O) groups is 1. The van der Waals surface area contributed by atoms with Crippen LogP contribution in [0.3, 0.4) is 0 Å². The Morgan fingerprint density at radius 3 is 2.56 bits per heavy atom. The first-order valence-electron chi connectivity index (χ1n) is 4.87. The lowest BCUT2D eigenvalue weighted by Gasteiger charge is -2.42. The minimum atomic E-state index is -1.20. The van der Waals surface area contributed by atoms with E-state index in [4.69, 9.17) is 11.6 Å². The molecule has 1 saturated carbocycles. The second kappa shape index (κ2) is 3.64. The molecule has 1 fully saturated rings. The zero-order valence-corrected chi connectivity index (χ0v) is 9.11. The lowest BCUT2D eigenvalue weighted by atomic mass is 9.62. The smallest absolute Gasteiger partial charge is 0.314 e.